The molecular weight excluding hydrogens is 314 g/mol. The van der Waals surface area contributed by atoms with E-state index in [1.165, 1.54) is 0 Å². The molecule has 5 nitrogen and oxygen atoms in total. The van der Waals surface area contributed by atoms with Gasteiger partial charge in [-0.1, -0.05) is 30.3 Å². The summed E-state index contributed by atoms with van der Waals surface area (Å²) in [5.41, 5.74) is 3.15. The van der Waals surface area contributed by atoms with Gasteiger partial charge in [0, 0.05) is 10.8 Å². The summed E-state index contributed by atoms with van der Waals surface area (Å²) in [7, 11) is 0. The van der Waals surface area contributed by atoms with E-state index in [1.54, 1.807) is 6.33 Å². The third-order valence-corrected chi connectivity index (χ3v) is 4.38. The van der Waals surface area contributed by atoms with Crippen molar-refractivity contribution in [2.75, 3.05) is 5.32 Å². The molecule has 0 bridgehead atoms. The van der Waals surface area contributed by atoms with Gasteiger partial charge in [0.1, 0.15) is 28.8 Å². The fourth-order valence-corrected chi connectivity index (χ4v) is 3.12. The van der Waals surface area contributed by atoms with Gasteiger partial charge in [0.15, 0.2) is 11.4 Å². The van der Waals surface area contributed by atoms with Crippen LogP contribution in [0.4, 0.5) is 5.82 Å². The van der Waals surface area contributed by atoms with Gasteiger partial charge in [0.25, 0.3) is 0 Å². The first kappa shape index (κ1) is 14.0. The molecule has 5 aromatic rings. The average molecular weight is 329 g/mol. The molecule has 0 saturated heterocycles. The molecule has 5 heteroatoms. The van der Waals surface area contributed by atoms with Crippen LogP contribution in [-0.2, 0) is 0 Å². The molecule has 5 rings (SSSR count). The smallest absolute Gasteiger partial charge is 0.196 e. The second-order valence-corrected chi connectivity index (χ2v) is 6.05. The molecule has 0 aliphatic heterocycles. The maximum atomic E-state index is 5.96. The standard InChI is InChI=1S/C20H15N3O2/c1-12(17-10-13-6-2-4-8-15(13)24-17)23-20-19-18(21-11-22-20)14-7-3-5-9-16(14)25-19/h2-12H,1H3,(H,21,22,23). The molecule has 0 spiro atoms. The van der Waals surface area contributed by atoms with Crippen molar-refractivity contribution >= 4 is 38.9 Å². The summed E-state index contributed by atoms with van der Waals surface area (Å²) in [6.07, 6.45) is 1.55. The number of fused-ring (bicyclic) bond motifs is 4. The van der Waals surface area contributed by atoms with Crippen LogP contribution < -0.4 is 5.32 Å². The van der Waals surface area contributed by atoms with E-state index < -0.39 is 0 Å². The van der Waals surface area contributed by atoms with E-state index in [2.05, 4.69) is 15.3 Å². The lowest BCUT2D eigenvalue weighted by molar-refractivity contribution is 0.525. The van der Waals surface area contributed by atoms with Crippen LogP contribution in [0.1, 0.15) is 18.7 Å². The molecule has 3 heterocycles. The molecule has 1 N–H and O–H groups in total. The molecule has 0 fully saturated rings. The Labute approximate surface area is 143 Å². The van der Waals surface area contributed by atoms with Crippen LogP contribution in [0, 0.1) is 0 Å². The van der Waals surface area contributed by atoms with Gasteiger partial charge in [-0.3, -0.25) is 0 Å². The molecule has 3 aromatic heterocycles. The Morgan fingerprint density at radius 1 is 0.920 bits per heavy atom. The summed E-state index contributed by atoms with van der Waals surface area (Å²) in [5, 5.41) is 5.46. The molecule has 0 amide bonds. The Bertz CT molecular complexity index is 1170. The van der Waals surface area contributed by atoms with Crippen LogP contribution in [0.2, 0.25) is 0 Å². The zero-order chi connectivity index (χ0) is 16.8. The highest BCUT2D eigenvalue weighted by atomic mass is 16.3. The predicted molar refractivity (Wildman–Crippen MR) is 97.6 cm³/mol. The maximum absolute atomic E-state index is 5.96. The molecule has 0 saturated carbocycles. The third kappa shape index (κ3) is 2.24. The number of benzene rings is 2. The van der Waals surface area contributed by atoms with Gasteiger partial charge in [-0.25, -0.2) is 9.97 Å². The third-order valence-electron chi connectivity index (χ3n) is 4.38. The van der Waals surface area contributed by atoms with E-state index in [-0.39, 0.29) is 6.04 Å². The molecule has 2 aromatic carbocycles. The van der Waals surface area contributed by atoms with Crippen LogP contribution in [0.15, 0.2) is 69.8 Å². The SMILES string of the molecule is CC(Nc1ncnc2c1oc1ccccc12)c1cc2ccccc2o1. The number of aromatic nitrogens is 2. The van der Waals surface area contributed by atoms with Crippen LogP contribution in [0.3, 0.4) is 0 Å². The Hall–Kier alpha value is -3.34. The monoisotopic (exact) mass is 329 g/mol. The lowest BCUT2D eigenvalue weighted by Crippen LogP contribution is -2.07. The Balaban J connectivity index is 1.56. The van der Waals surface area contributed by atoms with E-state index in [9.17, 15) is 0 Å². The van der Waals surface area contributed by atoms with E-state index in [0.29, 0.717) is 11.4 Å². The summed E-state index contributed by atoms with van der Waals surface area (Å²) in [5.74, 6) is 1.51. The summed E-state index contributed by atoms with van der Waals surface area (Å²) in [4.78, 5) is 8.74. The minimum absolute atomic E-state index is 0.0567. The average Bonchev–Trinajstić information content (AvgIpc) is 3.24. The number of anilines is 1. The number of nitrogens with zero attached hydrogens (tertiary/aromatic N) is 2. The molecule has 25 heavy (non-hydrogen) atoms. The fourth-order valence-electron chi connectivity index (χ4n) is 3.12. The van der Waals surface area contributed by atoms with Crippen LogP contribution >= 0.6 is 0 Å². The first-order chi connectivity index (χ1) is 12.3. The van der Waals surface area contributed by atoms with Gasteiger partial charge in [-0.15, -0.1) is 0 Å². The van der Waals surface area contributed by atoms with Crippen LogP contribution in [0.5, 0.6) is 0 Å². The lowest BCUT2D eigenvalue weighted by atomic mass is 10.2. The number of para-hydroxylation sites is 2. The molecular formula is C20H15N3O2. The fraction of sp³-hybridized carbons (Fsp3) is 0.100. The van der Waals surface area contributed by atoms with Crippen molar-refractivity contribution in [3.05, 3.63) is 66.7 Å². The van der Waals surface area contributed by atoms with Gasteiger partial charge >= 0.3 is 0 Å². The number of rotatable bonds is 3. The number of furan rings is 2. The Morgan fingerprint density at radius 3 is 2.60 bits per heavy atom. The van der Waals surface area contributed by atoms with E-state index in [1.807, 2.05) is 61.5 Å². The molecule has 1 atom stereocenters. The van der Waals surface area contributed by atoms with Crippen molar-refractivity contribution in [3.8, 4) is 0 Å². The van der Waals surface area contributed by atoms with Gasteiger partial charge in [0.2, 0.25) is 0 Å². The summed E-state index contributed by atoms with van der Waals surface area (Å²) in [6, 6.07) is 17.8. The number of hydrogen-bond acceptors (Lipinski definition) is 5. The second-order valence-electron chi connectivity index (χ2n) is 6.05. The van der Waals surface area contributed by atoms with Crippen LogP contribution in [-0.4, -0.2) is 9.97 Å². The highest BCUT2D eigenvalue weighted by Crippen LogP contribution is 2.32. The van der Waals surface area contributed by atoms with Gasteiger partial charge < -0.3 is 14.2 Å². The molecule has 0 aliphatic rings. The van der Waals surface area contributed by atoms with Gasteiger partial charge in [0.05, 0.1) is 6.04 Å². The topological polar surface area (TPSA) is 64.1 Å². The number of nitrogens with one attached hydrogen (secondary N) is 1. The van der Waals surface area contributed by atoms with Gasteiger partial charge in [-0.2, -0.15) is 0 Å². The van der Waals surface area contributed by atoms with E-state index in [4.69, 9.17) is 8.83 Å². The summed E-state index contributed by atoms with van der Waals surface area (Å²) in [6.45, 7) is 2.04. The molecule has 1 unspecified atom stereocenters. The highest BCUT2D eigenvalue weighted by molar-refractivity contribution is 6.05. The minimum atomic E-state index is -0.0567. The van der Waals surface area contributed by atoms with Crippen LogP contribution in [0.25, 0.3) is 33.0 Å². The molecule has 0 radical (unpaired) electrons. The normalized spacial score (nSPS) is 12.8. The Kier molecular flexibility index (Phi) is 3.00. The second kappa shape index (κ2) is 5.34. The zero-order valence-corrected chi connectivity index (χ0v) is 13.6. The Morgan fingerprint density at radius 2 is 1.72 bits per heavy atom. The van der Waals surface area contributed by atoms with Gasteiger partial charge in [-0.05, 0) is 31.2 Å². The van der Waals surface area contributed by atoms with Crippen molar-refractivity contribution in [3.63, 3.8) is 0 Å². The first-order valence-corrected chi connectivity index (χ1v) is 8.17. The molecule has 0 aliphatic carbocycles. The largest absolute Gasteiger partial charge is 0.459 e. The summed E-state index contributed by atoms with van der Waals surface area (Å²) >= 11 is 0. The van der Waals surface area contributed by atoms with Crippen molar-refractivity contribution < 1.29 is 8.83 Å². The van der Waals surface area contributed by atoms with Crippen molar-refractivity contribution in [1.29, 1.82) is 0 Å². The predicted octanol–water partition coefficient (Wildman–Crippen LogP) is 5.30. The van der Waals surface area contributed by atoms with E-state index >= 15 is 0 Å². The summed E-state index contributed by atoms with van der Waals surface area (Å²) < 4.78 is 11.9. The zero-order valence-electron chi connectivity index (χ0n) is 13.6. The first-order valence-electron chi connectivity index (χ1n) is 8.17. The quantitative estimate of drug-likeness (QED) is 0.487. The van der Waals surface area contributed by atoms with Crippen molar-refractivity contribution in [2.45, 2.75) is 13.0 Å². The molecule has 122 valence electrons. The highest BCUT2D eigenvalue weighted by Gasteiger charge is 2.17. The lowest BCUT2D eigenvalue weighted by Gasteiger charge is -2.11. The minimum Gasteiger partial charge on any atom is -0.459 e. The number of hydrogen-bond donors (Lipinski definition) is 1. The maximum Gasteiger partial charge on any atom is 0.196 e. The van der Waals surface area contributed by atoms with Crippen molar-refractivity contribution in [2.24, 2.45) is 0 Å². The van der Waals surface area contributed by atoms with Crippen molar-refractivity contribution in [1.82, 2.24) is 9.97 Å². The van der Waals surface area contributed by atoms with E-state index in [0.717, 1.165) is 33.2 Å².